The Morgan fingerprint density at radius 2 is 1.83 bits per heavy atom. The molecule has 0 unspecified atom stereocenters. The van der Waals surface area contributed by atoms with Crippen LogP contribution in [0.3, 0.4) is 0 Å². The van der Waals surface area contributed by atoms with E-state index in [-0.39, 0.29) is 31.2 Å². The first-order valence-corrected chi connectivity index (χ1v) is 11.5. The zero-order valence-electron chi connectivity index (χ0n) is 19.7. The molecule has 0 saturated carbocycles. The van der Waals surface area contributed by atoms with Crippen LogP contribution < -0.4 is 10.5 Å². The van der Waals surface area contributed by atoms with E-state index in [2.05, 4.69) is 10.00 Å². The summed E-state index contributed by atoms with van der Waals surface area (Å²) in [6, 6.07) is 8.77. The minimum absolute atomic E-state index is 0.102. The summed E-state index contributed by atoms with van der Waals surface area (Å²) in [6.45, 7) is 5.81. The molecule has 36 heavy (non-hydrogen) atoms. The number of rotatable bonds is 11. The Kier molecular flexibility index (Phi) is 9.16. The lowest BCUT2D eigenvalue weighted by atomic mass is 10.1. The van der Waals surface area contributed by atoms with Crippen molar-refractivity contribution in [1.82, 2.24) is 14.7 Å². The Hall–Kier alpha value is -3.31. The number of ether oxygens (including phenoxy) is 2. The molecule has 0 radical (unpaired) electrons. The van der Waals surface area contributed by atoms with Crippen molar-refractivity contribution in [3.8, 4) is 17.2 Å². The monoisotopic (exact) mass is 527 g/mol. The van der Waals surface area contributed by atoms with E-state index in [1.165, 1.54) is 12.1 Å². The highest BCUT2D eigenvalue weighted by atomic mass is 35.5. The first-order chi connectivity index (χ1) is 17.1. The molecule has 2 aromatic carbocycles. The summed E-state index contributed by atoms with van der Waals surface area (Å²) in [5.74, 6) is -1.06. The number of halogens is 4. The van der Waals surface area contributed by atoms with E-state index in [9.17, 15) is 22.8 Å². The van der Waals surface area contributed by atoms with E-state index in [0.717, 1.165) is 29.9 Å². The summed E-state index contributed by atoms with van der Waals surface area (Å²) in [7, 11) is 0. The highest BCUT2D eigenvalue weighted by molar-refractivity contribution is 6.30. The van der Waals surface area contributed by atoms with Gasteiger partial charge in [0, 0.05) is 22.7 Å². The molecule has 0 bridgehead atoms. The number of nitrogens with zero attached hydrogens (tertiary/aromatic N) is 3. The Labute approximate surface area is 210 Å². The van der Waals surface area contributed by atoms with Gasteiger partial charge in [-0.2, -0.15) is 17.9 Å². The molecule has 194 valence electrons. The summed E-state index contributed by atoms with van der Waals surface area (Å²) in [5.41, 5.74) is -0.170. The number of benzene rings is 2. The van der Waals surface area contributed by atoms with Crippen molar-refractivity contribution >= 4 is 17.6 Å². The first kappa shape index (κ1) is 27.3. The lowest BCUT2D eigenvalue weighted by Gasteiger charge is -2.17. The molecular weight excluding hydrogens is 503 g/mol. The second kappa shape index (κ2) is 12.1. The van der Waals surface area contributed by atoms with Gasteiger partial charge in [-0.15, -0.1) is 5.10 Å². The van der Waals surface area contributed by atoms with Gasteiger partial charge in [-0.05, 0) is 55.6 Å². The van der Waals surface area contributed by atoms with Crippen LogP contribution in [0.15, 0.2) is 51.7 Å². The normalized spacial score (nSPS) is 11.6. The van der Waals surface area contributed by atoms with Gasteiger partial charge in [0.25, 0.3) is 0 Å². The van der Waals surface area contributed by atoms with E-state index in [0.29, 0.717) is 22.9 Å². The summed E-state index contributed by atoms with van der Waals surface area (Å²) in [6.07, 6.45) is -4.26. The molecule has 0 saturated heterocycles. The molecule has 0 atom stereocenters. The molecule has 1 heterocycles. The van der Waals surface area contributed by atoms with Crippen molar-refractivity contribution in [2.45, 2.75) is 33.0 Å². The van der Waals surface area contributed by atoms with E-state index in [1.54, 1.807) is 18.2 Å². The van der Waals surface area contributed by atoms with Crippen LogP contribution in [0, 0.1) is 0 Å². The molecule has 1 aromatic heterocycles. The van der Waals surface area contributed by atoms with Gasteiger partial charge in [0.1, 0.15) is 5.75 Å². The fraction of sp³-hybridized carbons (Fsp3) is 0.375. The topological polar surface area (TPSA) is 86.8 Å². The van der Waals surface area contributed by atoms with Crippen LogP contribution in [-0.2, 0) is 22.3 Å². The number of hydrogen-bond acceptors (Lipinski definition) is 7. The quantitative estimate of drug-likeness (QED) is 0.260. The summed E-state index contributed by atoms with van der Waals surface area (Å²) in [4.78, 5) is 26.4. The maximum absolute atomic E-state index is 12.8. The third kappa shape index (κ3) is 7.34. The SMILES string of the molecule is CCN(CC)CCC(=O)OCOc1ccc(Cl)cc1Cn1nc(-c2ccc(C(F)(F)F)cc2)oc1=O. The zero-order chi connectivity index (χ0) is 26.3. The first-order valence-electron chi connectivity index (χ1n) is 11.2. The molecule has 8 nitrogen and oxygen atoms in total. The largest absolute Gasteiger partial charge is 0.457 e. The van der Waals surface area contributed by atoms with Crippen LogP contribution in [-0.4, -0.2) is 47.1 Å². The van der Waals surface area contributed by atoms with Crippen molar-refractivity contribution in [1.29, 1.82) is 0 Å². The molecule has 0 aliphatic rings. The molecule has 0 N–H and O–H groups in total. The van der Waals surface area contributed by atoms with E-state index < -0.39 is 23.5 Å². The fourth-order valence-electron chi connectivity index (χ4n) is 3.32. The third-order valence-electron chi connectivity index (χ3n) is 5.37. The fourth-order valence-corrected chi connectivity index (χ4v) is 3.51. The number of carbonyl (C=O) groups excluding carboxylic acids is 1. The van der Waals surface area contributed by atoms with Gasteiger partial charge in [0.05, 0.1) is 18.5 Å². The lowest BCUT2D eigenvalue weighted by Crippen LogP contribution is -2.26. The molecule has 0 aliphatic heterocycles. The van der Waals surface area contributed by atoms with Crippen LogP contribution in [0.1, 0.15) is 31.4 Å². The molecule has 3 aromatic rings. The predicted molar refractivity (Wildman–Crippen MR) is 126 cm³/mol. The smallest absolute Gasteiger partial charge is 0.437 e. The highest BCUT2D eigenvalue weighted by Gasteiger charge is 2.30. The van der Waals surface area contributed by atoms with Crippen molar-refractivity contribution in [2.24, 2.45) is 0 Å². The second-order valence-corrected chi connectivity index (χ2v) is 8.15. The molecule has 12 heteroatoms. The highest BCUT2D eigenvalue weighted by Crippen LogP contribution is 2.30. The number of carbonyl (C=O) groups is 1. The molecular formula is C24H25ClF3N3O5. The van der Waals surface area contributed by atoms with Crippen LogP contribution in [0.5, 0.6) is 5.75 Å². The predicted octanol–water partition coefficient (Wildman–Crippen LogP) is 4.84. The van der Waals surface area contributed by atoms with Crippen LogP contribution in [0.4, 0.5) is 13.2 Å². The average molecular weight is 528 g/mol. The standard InChI is InChI=1S/C24H25ClF3N3O5/c1-3-30(4-2)12-11-21(32)35-15-34-20-10-9-19(25)13-17(20)14-31-23(33)36-22(29-31)16-5-7-18(8-6-16)24(26,27)28/h5-10,13H,3-4,11-12,14-15H2,1-2H3. The Morgan fingerprint density at radius 1 is 1.14 bits per heavy atom. The molecule has 0 spiro atoms. The van der Waals surface area contributed by atoms with Crippen molar-refractivity contribution in [3.63, 3.8) is 0 Å². The number of aromatic nitrogens is 2. The van der Waals surface area contributed by atoms with Gasteiger partial charge in [-0.25, -0.2) is 4.79 Å². The molecule has 0 fully saturated rings. The molecule has 3 rings (SSSR count). The Morgan fingerprint density at radius 3 is 2.47 bits per heavy atom. The number of alkyl halides is 3. The van der Waals surface area contributed by atoms with E-state index >= 15 is 0 Å². The van der Waals surface area contributed by atoms with E-state index in [4.69, 9.17) is 25.5 Å². The van der Waals surface area contributed by atoms with Gasteiger partial charge >= 0.3 is 17.9 Å². The van der Waals surface area contributed by atoms with Gasteiger partial charge in [-0.3, -0.25) is 4.79 Å². The average Bonchev–Trinajstić information content (AvgIpc) is 3.20. The van der Waals surface area contributed by atoms with Crippen molar-refractivity contribution in [2.75, 3.05) is 26.4 Å². The van der Waals surface area contributed by atoms with Crippen LogP contribution >= 0.6 is 11.6 Å². The Bertz CT molecular complexity index is 1220. The van der Waals surface area contributed by atoms with Gasteiger partial charge in [0.15, 0.2) is 0 Å². The number of esters is 1. The lowest BCUT2D eigenvalue weighted by molar-refractivity contribution is -0.150. The summed E-state index contributed by atoms with van der Waals surface area (Å²) < 4.78 is 55.2. The van der Waals surface area contributed by atoms with Gasteiger partial charge in [0.2, 0.25) is 12.7 Å². The van der Waals surface area contributed by atoms with E-state index in [1.807, 2.05) is 13.8 Å². The Balaban J connectivity index is 1.67. The zero-order valence-corrected chi connectivity index (χ0v) is 20.4. The maximum atomic E-state index is 12.8. The third-order valence-corrected chi connectivity index (χ3v) is 5.60. The number of hydrogen-bond donors (Lipinski definition) is 0. The van der Waals surface area contributed by atoms with Gasteiger partial charge in [-0.1, -0.05) is 25.4 Å². The maximum Gasteiger partial charge on any atom is 0.437 e. The minimum atomic E-state index is -4.48. The summed E-state index contributed by atoms with van der Waals surface area (Å²) in [5, 5.41) is 4.44. The van der Waals surface area contributed by atoms with Gasteiger partial charge < -0.3 is 18.8 Å². The van der Waals surface area contributed by atoms with Crippen LogP contribution in [0.2, 0.25) is 5.02 Å². The molecule has 0 aliphatic carbocycles. The second-order valence-electron chi connectivity index (χ2n) is 7.71. The minimum Gasteiger partial charge on any atom is -0.457 e. The molecule has 0 amide bonds. The van der Waals surface area contributed by atoms with Crippen molar-refractivity contribution < 1.29 is 31.9 Å². The van der Waals surface area contributed by atoms with Crippen LogP contribution in [0.25, 0.3) is 11.5 Å². The van der Waals surface area contributed by atoms with Crippen molar-refractivity contribution in [3.05, 3.63) is 69.2 Å². The summed E-state index contributed by atoms with van der Waals surface area (Å²) >= 11 is 6.09.